The van der Waals surface area contributed by atoms with Crippen LogP contribution in [0.1, 0.15) is 61.8 Å². The zero-order valence-corrected chi connectivity index (χ0v) is 20.7. The maximum atomic E-state index is 15.5. The average Bonchev–Trinajstić information content (AvgIpc) is 3.27. The molecule has 4 rings (SSSR count). The van der Waals surface area contributed by atoms with Crippen LogP contribution >= 0.6 is 0 Å². The van der Waals surface area contributed by atoms with Gasteiger partial charge in [-0.25, -0.2) is 13.2 Å². The van der Waals surface area contributed by atoms with Crippen molar-refractivity contribution < 1.29 is 27.9 Å². The zero-order valence-electron chi connectivity index (χ0n) is 20.7. The lowest BCUT2D eigenvalue weighted by Crippen LogP contribution is -2.48. The molecule has 2 atom stereocenters. The van der Waals surface area contributed by atoms with Crippen LogP contribution in [0.15, 0.2) is 40.9 Å². The maximum Gasteiger partial charge on any atom is 0.257 e. The Hall–Kier alpha value is -3.01. The van der Waals surface area contributed by atoms with E-state index in [0.29, 0.717) is 35.7 Å². The summed E-state index contributed by atoms with van der Waals surface area (Å²) in [6.45, 7) is 6.69. The second-order valence-corrected chi connectivity index (χ2v) is 9.80. The quantitative estimate of drug-likeness (QED) is 0.444. The van der Waals surface area contributed by atoms with E-state index < -0.39 is 29.6 Å². The summed E-state index contributed by atoms with van der Waals surface area (Å²) >= 11 is 0. The monoisotopic (exact) mass is 501 g/mol. The van der Waals surface area contributed by atoms with Gasteiger partial charge in [-0.15, -0.1) is 0 Å². The van der Waals surface area contributed by atoms with Gasteiger partial charge in [0.2, 0.25) is 0 Å². The predicted molar refractivity (Wildman–Crippen MR) is 130 cm³/mol. The van der Waals surface area contributed by atoms with Crippen molar-refractivity contribution in [2.45, 2.75) is 64.6 Å². The van der Waals surface area contributed by atoms with Gasteiger partial charge in [0, 0.05) is 30.1 Å². The molecule has 0 saturated heterocycles. The Labute approximate surface area is 208 Å². The van der Waals surface area contributed by atoms with Gasteiger partial charge in [0.15, 0.2) is 12.1 Å². The summed E-state index contributed by atoms with van der Waals surface area (Å²) < 4.78 is 51.2. The van der Waals surface area contributed by atoms with Crippen LogP contribution in [-0.2, 0) is 12.8 Å². The van der Waals surface area contributed by atoms with Gasteiger partial charge in [0.05, 0.1) is 6.04 Å². The Kier molecular flexibility index (Phi) is 7.36. The number of benzene rings is 2. The number of aliphatic hydroxyl groups is 2. The summed E-state index contributed by atoms with van der Waals surface area (Å²) in [5, 5.41) is 22.0. The highest BCUT2D eigenvalue weighted by atomic mass is 19.1. The van der Waals surface area contributed by atoms with Crippen LogP contribution in [-0.4, -0.2) is 49.8 Å². The molecule has 36 heavy (non-hydrogen) atoms. The first-order valence-corrected chi connectivity index (χ1v) is 11.9. The molecular formula is C27H30F3N3O3. The highest BCUT2D eigenvalue weighted by molar-refractivity contribution is 5.58. The molecule has 0 aliphatic carbocycles. The van der Waals surface area contributed by atoms with E-state index >= 15 is 8.78 Å². The summed E-state index contributed by atoms with van der Waals surface area (Å²) in [5.74, 6) is -0.659. The molecule has 1 aliphatic rings. The van der Waals surface area contributed by atoms with E-state index in [1.165, 1.54) is 19.9 Å². The van der Waals surface area contributed by atoms with E-state index in [1.807, 2.05) is 19.9 Å². The van der Waals surface area contributed by atoms with Crippen molar-refractivity contribution in [3.8, 4) is 11.5 Å². The molecule has 0 radical (unpaired) electrons. The van der Waals surface area contributed by atoms with Crippen molar-refractivity contribution >= 4 is 6.08 Å². The van der Waals surface area contributed by atoms with Crippen molar-refractivity contribution in [3.05, 3.63) is 76.1 Å². The summed E-state index contributed by atoms with van der Waals surface area (Å²) in [7, 11) is 0. The van der Waals surface area contributed by atoms with Crippen LogP contribution in [0.5, 0.6) is 0 Å². The normalized spacial score (nSPS) is 18.8. The zero-order chi connectivity index (χ0) is 26.2. The number of nitrogens with zero attached hydrogens (tertiary/aromatic N) is 3. The van der Waals surface area contributed by atoms with E-state index in [2.05, 4.69) is 10.1 Å². The largest absolute Gasteiger partial charge is 0.365 e. The molecule has 0 spiro atoms. The number of aliphatic hydroxyl groups excluding tert-OH is 1. The number of alkyl halides is 1. The van der Waals surface area contributed by atoms with Gasteiger partial charge in [-0.3, -0.25) is 4.90 Å². The Morgan fingerprint density at radius 3 is 2.47 bits per heavy atom. The minimum atomic E-state index is -1.74. The van der Waals surface area contributed by atoms with Gasteiger partial charge in [-0.1, -0.05) is 24.2 Å². The second kappa shape index (κ2) is 10.2. The minimum absolute atomic E-state index is 0.0270. The van der Waals surface area contributed by atoms with Gasteiger partial charge in [-0.2, -0.15) is 4.98 Å². The molecule has 0 bridgehead atoms. The Morgan fingerprint density at radius 1 is 1.19 bits per heavy atom. The molecule has 2 N–H and O–H groups in total. The first kappa shape index (κ1) is 26.1. The number of halogens is 3. The van der Waals surface area contributed by atoms with Crippen LogP contribution in [0, 0.1) is 11.6 Å². The van der Waals surface area contributed by atoms with Gasteiger partial charge in [0.1, 0.15) is 17.3 Å². The number of hydrogen-bond acceptors (Lipinski definition) is 6. The third-order valence-electron chi connectivity index (χ3n) is 6.28. The molecule has 1 aliphatic heterocycles. The fraction of sp³-hybridized carbons (Fsp3) is 0.407. The molecule has 192 valence electrons. The van der Waals surface area contributed by atoms with E-state index in [9.17, 15) is 4.39 Å². The number of hydrogen-bond donors (Lipinski definition) is 2. The minimum Gasteiger partial charge on any atom is -0.365 e. The van der Waals surface area contributed by atoms with Crippen LogP contribution in [0.3, 0.4) is 0 Å². The summed E-state index contributed by atoms with van der Waals surface area (Å²) in [6.07, 6.45) is 1.66. The van der Waals surface area contributed by atoms with Gasteiger partial charge in [0.25, 0.3) is 5.89 Å². The standard InChI is InChI=1S/C27H30F3N3O3/c1-5-22-31-26(36-32-22)17-7-8-19-18(13-17)10-15(2)33(14-27(3,4)30)25(19)24-20(28)11-16(12-21(24)29)6-9-23(34)35/h6-9,11-13,15,23,25,34-35H,5,10,14H2,1-4H3/b9-6+. The van der Waals surface area contributed by atoms with Crippen LogP contribution in [0.2, 0.25) is 0 Å². The Balaban J connectivity index is 1.84. The Bertz CT molecular complexity index is 1240. The predicted octanol–water partition coefficient (Wildman–Crippen LogP) is 4.99. The Morgan fingerprint density at radius 2 is 1.89 bits per heavy atom. The third kappa shape index (κ3) is 5.53. The first-order valence-electron chi connectivity index (χ1n) is 11.9. The smallest absolute Gasteiger partial charge is 0.257 e. The molecule has 0 fully saturated rings. The van der Waals surface area contributed by atoms with Crippen molar-refractivity contribution in [1.82, 2.24) is 15.0 Å². The fourth-order valence-electron chi connectivity index (χ4n) is 4.73. The van der Waals surface area contributed by atoms with E-state index in [0.717, 1.165) is 23.8 Å². The number of aromatic nitrogens is 2. The van der Waals surface area contributed by atoms with Gasteiger partial charge < -0.3 is 14.7 Å². The molecule has 9 heteroatoms. The van der Waals surface area contributed by atoms with E-state index in [1.54, 1.807) is 17.0 Å². The van der Waals surface area contributed by atoms with Crippen LogP contribution in [0.25, 0.3) is 17.5 Å². The summed E-state index contributed by atoms with van der Waals surface area (Å²) in [6, 6.07) is 6.61. The second-order valence-electron chi connectivity index (χ2n) is 9.80. The number of rotatable bonds is 7. The van der Waals surface area contributed by atoms with Gasteiger partial charge >= 0.3 is 0 Å². The van der Waals surface area contributed by atoms with E-state index in [-0.39, 0.29) is 23.7 Å². The highest BCUT2D eigenvalue weighted by Gasteiger charge is 2.39. The molecule has 0 amide bonds. The molecule has 2 aromatic carbocycles. The number of aryl methyl sites for hydroxylation is 1. The summed E-state index contributed by atoms with van der Waals surface area (Å²) in [5.41, 5.74) is 0.588. The van der Waals surface area contributed by atoms with E-state index in [4.69, 9.17) is 14.7 Å². The van der Waals surface area contributed by atoms with Crippen molar-refractivity contribution in [1.29, 1.82) is 0 Å². The summed E-state index contributed by atoms with van der Waals surface area (Å²) in [4.78, 5) is 6.17. The lowest BCUT2D eigenvalue weighted by molar-refractivity contribution is 0.00303. The lowest BCUT2D eigenvalue weighted by atomic mass is 9.83. The molecule has 0 saturated carbocycles. The average molecular weight is 502 g/mol. The fourth-order valence-corrected chi connectivity index (χ4v) is 4.73. The van der Waals surface area contributed by atoms with Crippen LogP contribution < -0.4 is 0 Å². The lowest BCUT2D eigenvalue weighted by Gasteiger charge is -2.44. The highest BCUT2D eigenvalue weighted by Crippen LogP contribution is 2.42. The van der Waals surface area contributed by atoms with Gasteiger partial charge in [-0.05, 0) is 74.2 Å². The SMILES string of the molecule is CCc1noc(-c2ccc3c(c2)CC(C)N(CC(C)(C)F)C3c2c(F)cc(/C=C/C(O)O)cc2F)n1. The topological polar surface area (TPSA) is 82.6 Å². The molecular weight excluding hydrogens is 471 g/mol. The molecule has 1 aromatic heterocycles. The van der Waals surface area contributed by atoms with Crippen molar-refractivity contribution in [2.75, 3.05) is 6.54 Å². The number of fused-ring (bicyclic) bond motifs is 1. The molecule has 2 heterocycles. The van der Waals surface area contributed by atoms with Crippen LogP contribution in [0.4, 0.5) is 13.2 Å². The van der Waals surface area contributed by atoms with Crippen molar-refractivity contribution in [2.24, 2.45) is 0 Å². The maximum absolute atomic E-state index is 15.5. The molecule has 6 nitrogen and oxygen atoms in total. The van der Waals surface area contributed by atoms with Crippen molar-refractivity contribution in [3.63, 3.8) is 0 Å². The third-order valence-corrected chi connectivity index (χ3v) is 6.28. The molecule has 2 unspecified atom stereocenters. The molecule has 3 aromatic rings. The first-order chi connectivity index (χ1) is 17.0.